The summed E-state index contributed by atoms with van der Waals surface area (Å²) in [6, 6.07) is 19.2. The van der Waals surface area contributed by atoms with Crippen LogP contribution in [0.4, 0.5) is 5.69 Å². The smallest absolute Gasteiger partial charge is 0.264 e. The van der Waals surface area contributed by atoms with E-state index in [0.717, 1.165) is 32.3 Å². The number of piperidine rings is 1. The number of benzene rings is 3. The second kappa shape index (κ2) is 12.5. The number of sulfone groups is 1. The first kappa shape index (κ1) is 28.4. The number of halogens is 1. The lowest BCUT2D eigenvalue weighted by atomic mass is 10.1. The van der Waals surface area contributed by atoms with E-state index in [1.807, 2.05) is 24.3 Å². The van der Waals surface area contributed by atoms with Gasteiger partial charge >= 0.3 is 0 Å². The van der Waals surface area contributed by atoms with E-state index in [-0.39, 0.29) is 22.0 Å². The van der Waals surface area contributed by atoms with Gasteiger partial charge in [0.2, 0.25) is 0 Å². The Hall–Kier alpha value is -2.59. The zero-order chi connectivity index (χ0) is 27.2. The molecule has 1 saturated heterocycles. The first-order valence-electron chi connectivity index (χ1n) is 12.7. The van der Waals surface area contributed by atoms with Gasteiger partial charge in [0.25, 0.3) is 10.0 Å². The number of nitrogens with zero attached hydrogens (tertiary/aromatic N) is 2. The molecule has 1 heterocycles. The van der Waals surface area contributed by atoms with E-state index in [1.165, 1.54) is 60.0 Å². The fraction of sp³-hybridized carbons (Fsp3) is 0.357. The predicted molar refractivity (Wildman–Crippen MR) is 151 cm³/mol. The minimum Gasteiger partial charge on any atom is -0.493 e. The molecule has 1 aliphatic heterocycles. The SMILES string of the molecule is CS(=O)(=O)c1cccc(N(Cc2ccccc2OCCCN2CCCCC2)S(=O)(=O)c2ccc(Cl)cc2)c1. The van der Waals surface area contributed by atoms with Gasteiger partial charge < -0.3 is 9.64 Å². The molecule has 1 aliphatic rings. The monoisotopic (exact) mass is 576 g/mol. The zero-order valence-electron chi connectivity index (χ0n) is 21.4. The van der Waals surface area contributed by atoms with Gasteiger partial charge in [-0.05, 0) is 80.9 Å². The molecule has 7 nitrogen and oxygen atoms in total. The van der Waals surface area contributed by atoms with Crippen LogP contribution >= 0.6 is 11.6 Å². The fourth-order valence-electron chi connectivity index (χ4n) is 4.50. The van der Waals surface area contributed by atoms with Gasteiger partial charge in [-0.15, -0.1) is 0 Å². The topological polar surface area (TPSA) is 84.0 Å². The van der Waals surface area contributed by atoms with Crippen LogP contribution in [-0.4, -0.2) is 54.2 Å². The van der Waals surface area contributed by atoms with Gasteiger partial charge in [0.05, 0.1) is 28.6 Å². The number of hydrogen-bond acceptors (Lipinski definition) is 6. The molecular weight excluding hydrogens is 544 g/mol. The Morgan fingerprint density at radius 3 is 2.29 bits per heavy atom. The number of likely N-dealkylation sites (tertiary alicyclic amines) is 1. The van der Waals surface area contributed by atoms with E-state index in [1.54, 1.807) is 12.1 Å². The number of anilines is 1. The van der Waals surface area contributed by atoms with Crippen molar-refractivity contribution in [1.82, 2.24) is 4.90 Å². The van der Waals surface area contributed by atoms with Gasteiger partial charge in [0, 0.05) is 23.4 Å². The summed E-state index contributed by atoms with van der Waals surface area (Å²) in [5, 5.41) is 0.415. The summed E-state index contributed by atoms with van der Waals surface area (Å²) in [6.45, 7) is 3.69. The third kappa shape index (κ3) is 7.28. The van der Waals surface area contributed by atoms with Crippen molar-refractivity contribution in [2.24, 2.45) is 0 Å². The molecule has 0 aliphatic carbocycles. The highest BCUT2D eigenvalue weighted by Crippen LogP contribution is 2.31. The Balaban J connectivity index is 1.61. The molecule has 38 heavy (non-hydrogen) atoms. The highest BCUT2D eigenvalue weighted by atomic mass is 35.5. The van der Waals surface area contributed by atoms with Gasteiger partial charge in [-0.3, -0.25) is 4.31 Å². The van der Waals surface area contributed by atoms with Crippen molar-refractivity contribution < 1.29 is 21.6 Å². The summed E-state index contributed by atoms with van der Waals surface area (Å²) < 4.78 is 59.5. The van der Waals surface area contributed by atoms with Crippen LogP contribution in [0, 0.1) is 0 Å². The highest BCUT2D eigenvalue weighted by molar-refractivity contribution is 7.92. The number of hydrogen-bond donors (Lipinski definition) is 0. The first-order chi connectivity index (χ1) is 18.1. The van der Waals surface area contributed by atoms with E-state index in [0.29, 0.717) is 22.9 Å². The lowest BCUT2D eigenvalue weighted by Crippen LogP contribution is -2.31. The summed E-state index contributed by atoms with van der Waals surface area (Å²) in [6.07, 6.45) is 5.74. The van der Waals surface area contributed by atoms with E-state index in [9.17, 15) is 16.8 Å². The molecule has 3 aromatic rings. The van der Waals surface area contributed by atoms with E-state index in [2.05, 4.69) is 4.90 Å². The normalized spacial score (nSPS) is 14.8. The summed E-state index contributed by atoms with van der Waals surface area (Å²) >= 11 is 6.00. The second-order valence-electron chi connectivity index (χ2n) is 9.45. The molecular formula is C28H33ClN2O5S2. The van der Waals surface area contributed by atoms with E-state index in [4.69, 9.17) is 16.3 Å². The maximum atomic E-state index is 13.8. The molecule has 0 spiro atoms. The van der Waals surface area contributed by atoms with Crippen LogP contribution in [-0.2, 0) is 26.4 Å². The Bertz CT molecular complexity index is 1440. The van der Waals surface area contributed by atoms with Gasteiger partial charge in [-0.1, -0.05) is 42.3 Å². The van der Waals surface area contributed by atoms with Gasteiger partial charge in [-0.2, -0.15) is 0 Å². The summed E-state index contributed by atoms with van der Waals surface area (Å²) in [4.78, 5) is 2.54. The Morgan fingerprint density at radius 2 is 1.58 bits per heavy atom. The van der Waals surface area contributed by atoms with Crippen molar-refractivity contribution >= 4 is 37.1 Å². The molecule has 0 aromatic heterocycles. The standard InChI is InChI=1S/C28H33ClN2O5S2/c1-37(32,33)27-11-7-10-25(21-27)31(38(34,35)26-15-13-24(29)14-16-26)22-23-9-3-4-12-28(23)36-20-8-19-30-17-5-2-6-18-30/h3-4,7,9-16,21H,2,5-6,8,17-20,22H2,1H3. The molecule has 3 aromatic carbocycles. The molecule has 0 bridgehead atoms. The molecule has 10 heteroatoms. The molecule has 0 radical (unpaired) electrons. The Labute approximate surface area is 231 Å². The molecule has 0 atom stereocenters. The van der Waals surface area contributed by atoms with Crippen LogP contribution in [0.1, 0.15) is 31.2 Å². The zero-order valence-corrected chi connectivity index (χ0v) is 23.8. The predicted octanol–water partition coefficient (Wildman–Crippen LogP) is 5.39. The molecule has 0 amide bonds. The maximum absolute atomic E-state index is 13.8. The van der Waals surface area contributed by atoms with Crippen LogP contribution in [0.25, 0.3) is 0 Å². The average molecular weight is 577 g/mol. The first-order valence-corrected chi connectivity index (χ1v) is 16.4. The van der Waals surface area contributed by atoms with Crippen molar-refractivity contribution in [3.63, 3.8) is 0 Å². The van der Waals surface area contributed by atoms with Gasteiger partial charge in [0.15, 0.2) is 9.84 Å². The van der Waals surface area contributed by atoms with Crippen molar-refractivity contribution in [2.75, 3.05) is 36.8 Å². The third-order valence-corrected chi connectivity index (χ3v) is 9.70. The lowest BCUT2D eigenvalue weighted by molar-refractivity contribution is 0.204. The van der Waals surface area contributed by atoms with E-state index >= 15 is 0 Å². The lowest BCUT2D eigenvalue weighted by Gasteiger charge is -2.27. The summed E-state index contributed by atoms with van der Waals surface area (Å²) in [5.41, 5.74) is 0.913. The van der Waals surface area contributed by atoms with Crippen molar-refractivity contribution in [1.29, 1.82) is 0 Å². The van der Waals surface area contributed by atoms with Crippen LogP contribution < -0.4 is 9.04 Å². The van der Waals surface area contributed by atoms with Crippen LogP contribution in [0.2, 0.25) is 5.02 Å². The largest absolute Gasteiger partial charge is 0.493 e. The quantitative estimate of drug-likeness (QED) is 0.284. The molecule has 204 valence electrons. The van der Waals surface area contributed by atoms with Crippen molar-refractivity contribution in [3.8, 4) is 5.75 Å². The third-order valence-electron chi connectivity index (χ3n) is 6.55. The van der Waals surface area contributed by atoms with Gasteiger partial charge in [0.1, 0.15) is 5.75 Å². The number of ether oxygens (including phenoxy) is 1. The molecule has 1 fully saturated rings. The molecule has 0 unspecified atom stereocenters. The van der Waals surface area contributed by atoms with Crippen LogP contribution in [0.3, 0.4) is 0 Å². The van der Waals surface area contributed by atoms with Crippen LogP contribution in [0.5, 0.6) is 5.75 Å². The van der Waals surface area contributed by atoms with Crippen molar-refractivity contribution in [2.45, 2.75) is 42.0 Å². The average Bonchev–Trinajstić information content (AvgIpc) is 2.91. The maximum Gasteiger partial charge on any atom is 0.264 e. The van der Waals surface area contributed by atoms with Crippen LogP contribution in [0.15, 0.2) is 82.6 Å². The second-order valence-corrected chi connectivity index (χ2v) is 13.8. The molecule has 4 rings (SSSR count). The molecule has 0 saturated carbocycles. The number of sulfonamides is 1. The minimum atomic E-state index is -4.07. The Kier molecular flexibility index (Phi) is 9.36. The van der Waals surface area contributed by atoms with Gasteiger partial charge in [-0.25, -0.2) is 16.8 Å². The van der Waals surface area contributed by atoms with E-state index < -0.39 is 19.9 Å². The Morgan fingerprint density at radius 1 is 0.868 bits per heavy atom. The molecule has 0 N–H and O–H groups in total. The number of para-hydroxylation sites is 1. The number of rotatable bonds is 11. The fourth-order valence-corrected chi connectivity index (χ4v) is 6.72. The minimum absolute atomic E-state index is 0.0357. The van der Waals surface area contributed by atoms with Crippen molar-refractivity contribution in [3.05, 3.63) is 83.4 Å². The summed E-state index contributed by atoms with van der Waals surface area (Å²) in [7, 11) is -7.62. The highest BCUT2D eigenvalue weighted by Gasteiger charge is 2.27. The summed E-state index contributed by atoms with van der Waals surface area (Å²) in [5.74, 6) is 0.599.